The SMILES string of the molecule is CCC1(NC(=O)c2ccc(Cl)cc2Br)CCC1. The highest BCUT2D eigenvalue weighted by molar-refractivity contribution is 9.10. The molecule has 1 N–H and O–H groups in total. The first-order chi connectivity index (χ1) is 8.06. The minimum Gasteiger partial charge on any atom is -0.347 e. The molecule has 92 valence electrons. The smallest absolute Gasteiger partial charge is 0.252 e. The predicted octanol–water partition coefficient (Wildman–Crippen LogP) is 4.17. The summed E-state index contributed by atoms with van der Waals surface area (Å²) in [6, 6.07) is 5.24. The lowest BCUT2D eigenvalue weighted by Gasteiger charge is -2.42. The molecular formula is C13H15BrClNO. The van der Waals surface area contributed by atoms with E-state index in [1.165, 1.54) is 6.42 Å². The monoisotopic (exact) mass is 315 g/mol. The fourth-order valence-electron chi connectivity index (χ4n) is 2.15. The first-order valence-electron chi connectivity index (χ1n) is 5.84. The molecule has 1 aliphatic rings. The number of carbonyl (C=O) groups is 1. The number of hydrogen-bond acceptors (Lipinski definition) is 1. The summed E-state index contributed by atoms with van der Waals surface area (Å²) < 4.78 is 0.744. The predicted molar refractivity (Wildman–Crippen MR) is 73.5 cm³/mol. The quantitative estimate of drug-likeness (QED) is 0.891. The number of benzene rings is 1. The topological polar surface area (TPSA) is 29.1 Å². The third-order valence-corrected chi connectivity index (χ3v) is 4.43. The van der Waals surface area contributed by atoms with Crippen molar-refractivity contribution < 1.29 is 4.79 Å². The molecule has 0 aromatic heterocycles. The summed E-state index contributed by atoms with van der Waals surface area (Å²) in [6.45, 7) is 2.12. The second kappa shape index (κ2) is 4.99. The van der Waals surface area contributed by atoms with Gasteiger partial charge in [-0.3, -0.25) is 4.79 Å². The summed E-state index contributed by atoms with van der Waals surface area (Å²) in [6.07, 6.45) is 4.36. The van der Waals surface area contributed by atoms with Gasteiger partial charge in [0, 0.05) is 15.0 Å². The van der Waals surface area contributed by atoms with Gasteiger partial charge < -0.3 is 5.32 Å². The van der Waals surface area contributed by atoms with Crippen molar-refractivity contribution in [1.29, 1.82) is 0 Å². The lowest BCUT2D eigenvalue weighted by atomic mass is 9.74. The van der Waals surface area contributed by atoms with Crippen molar-refractivity contribution in [3.05, 3.63) is 33.3 Å². The molecule has 17 heavy (non-hydrogen) atoms. The van der Waals surface area contributed by atoms with Crippen LogP contribution in [0.2, 0.25) is 5.02 Å². The average molecular weight is 317 g/mol. The lowest BCUT2D eigenvalue weighted by molar-refractivity contribution is 0.0819. The zero-order valence-electron chi connectivity index (χ0n) is 9.72. The largest absolute Gasteiger partial charge is 0.347 e. The molecule has 0 unspecified atom stereocenters. The molecule has 2 nitrogen and oxygen atoms in total. The summed E-state index contributed by atoms with van der Waals surface area (Å²) >= 11 is 9.23. The Morgan fingerprint density at radius 1 is 1.53 bits per heavy atom. The van der Waals surface area contributed by atoms with Crippen molar-refractivity contribution in [3.63, 3.8) is 0 Å². The maximum atomic E-state index is 12.2. The molecule has 0 spiro atoms. The highest BCUT2D eigenvalue weighted by Gasteiger charge is 2.36. The van der Waals surface area contributed by atoms with Crippen molar-refractivity contribution in [2.24, 2.45) is 0 Å². The minimum atomic E-state index is -0.0184. The van der Waals surface area contributed by atoms with E-state index < -0.39 is 0 Å². The van der Waals surface area contributed by atoms with Crippen molar-refractivity contribution in [2.45, 2.75) is 38.1 Å². The molecule has 1 saturated carbocycles. The maximum Gasteiger partial charge on any atom is 0.252 e. The third kappa shape index (κ3) is 2.66. The van der Waals surface area contributed by atoms with Gasteiger partial charge in [0.15, 0.2) is 0 Å². The van der Waals surface area contributed by atoms with Gasteiger partial charge in [-0.2, -0.15) is 0 Å². The van der Waals surface area contributed by atoms with Gasteiger partial charge in [-0.15, -0.1) is 0 Å². The molecule has 0 heterocycles. The van der Waals surface area contributed by atoms with Crippen LogP contribution in [0.15, 0.2) is 22.7 Å². The average Bonchev–Trinajstić information content (AvgIpc) is 2.23. The molecule has 0 radical (unpaired) electrons. The molecule has 1 aromatic carbocycles. The van der Waals surface area contributed by atoms with Crippen LogP contribution in [-0.4, -0.2) is 11.4 Å². The molecule has 0 saturated heterocycles. The van der Waals surface area contributed by atoms with Gasteiger partial charge in [-0.05, 0) is 59.8 Å². The van der Waals surface area contributed by atoms with Crippen LogP contribution in [0.5, 0.6) is 0 Å². The van der Waals surface area contributed by atoms with Crippen LogP contribution >= 0.6 is 27.5 Å². The number of halogens is 2. The van der Waals surface area contributed by atoms with Gasteiger partial charge in [0.2, 0.25) is 0 Å². The maximum absolute atomic E-state index is 12.2. The first-order valence-corrected chi connectivity index (χ1v) is 7.01. The van der Waals surface area contributed by atoms with Gasteiger partial charge >= 0.3 is 0 Å². The summed E-state index contributed by atoms with van der Waals surface area (Å²) in [5, 5.41) is 3.77. The Balaban J connectivity index is 2.14. The van der Waals surface area contributed by atoms with Crippen molar-refractivity contribution >= 4 is 33.4 Å². The Bertz CT molecular complexity index is 438. The number of carbonyl (C=O) groups excluding carboxylic acids is 1. The Kier molecular flexibility index (Phi) is 3.79. The van der Waals surface area contributed by atoms with Crippen molar-refractivity contribution in [2.75, 3.05) is 0 Å². The van der Waals surface area contributed by atoms with Crippen LogP contribution < -0.4 is 5.32 Å². The van der Waals surface area contributed by atoms with E-state index in [9.17, 15) is 4.79 Å². The second-order valence-corrected chi connectivity index (χ2v) is 5.86. The Hall–Kier alpha value is -0.540. The van der Waals surface area contributed by atoms with Crippen LogP contribution in [0.25, 0.3) is 0 Å². The van der Waals surface area contributed by atoms with Crippen LogP contribution in [0, 0.1) is 0 Å². The molecule has 4 heteroatoms. The Morgan fingerprint density at radius 3 is 2.71 bits per heavy atom. The normalized spacial score (nSPS) is 17.4. The summed E-state index contributed by atoms with van der Waals surface area (Å²) in [4.78, 5) is 12.2. The third-order valence-electron chi connectivity index (χ3n) is 3.54. The van der Waals surface area contributed by atoms with Crippen LogP contribution in [0.1, 0.15) is 43.0 Å². The fourth-order valence-corrected chi connectivity index (χ4v) is 3.02. The zero-order chi connectivity index (χ0) is 12.5. The zero-order valence-corrected chi connectivity index (χ0v) is 12.1. The van der Waals surface area contributed by atoms with Crippen LogP contribution in [0.4, 0.5) is 0 Å². The summed E-state index contributed by atoms with van der Waals surface area (Å²) in [5.41, 5.74) is 0.671. The van der Waals surface area contributed by atoms with E-state index in [1.807, 2.05) is 0 Å². The van der Waals surface area contributed by atoms with Gasteiger partial charge in [0.1, 0.15) is 0 Å². The van der Waals surface area contributed by atoms with Gasteiger partial charge in [-0.25, -0.2) is 0 Å². The van der Waals surface area contributed by atoms with E-state index in [1.54, 1.807) is 18.2 Å². The standard InChI is InChI=1S/C13H15BrClNO/c1-2-13(6-3-7-13)16-12(17)10-5-4-9(15)8-11(10)14/h4-5,8H,2-3,6-7H2,1H3,(H,16,17). The molecule has 0 bridgehead atoms. The van der Waals surface area contributed by atoms with E-state index >= 15 is 0 Å². The van der Waals surface area contributed by atoms with E-state index in [-0.39, 0.29) is 11.4 Å². The Labute approximate surface area is 115 Å². The number of rotatable bonds is 3. The summed E-state index contributed by atoms with van der Waals surface area (Å²) in [5.74, 6) is -0.0184. The van der Waals surface area contributed by atoms with E-state index in [0.29, 0.717) is 10.6 Å². The number of amides is 1. The summed E-state index contributed by atoms with van der Waals surface area (Å²) in [7, 11) is 0. The molecule has 0 aliphatic heterocycles. The second-order valence-electron chi connectivity index (χ2n) is 4.57. The molecule has 1 fully saturated rings. The first kappa shape index (κ1) is 12.9. The van der Waals surface area contributed by atoms with Crippen molar-refractivity contribution in [1.82, 2.24) is 5.32 Å². The molecule has 1 amide bonds. The van der Waals surface area contributed by atoms with E-state index in [0.717, 1.165) is 23.7 Å². The highest BCUT2D eigenvalue weighted by atomic mass is 79.9. The van der Waals surface area contributed by atoms with Gasteiger partial charge in [0.25, 0.3) is 5.91 Å². The Morgan fingerprint density at radius 2 is 2.24 bits per heavy atom. The molecular weight excluding hydrogens is 302 g/mol. The van der Waals surface area contributed by atoms with Crippen LogP contribution in [0.3, 0.4) is 0 Å². The molecule has 1 aromatic rings. The lowest BCUT2D eigenvalue weighted by Crippen LogP contribution is -2.53. The van der Waals surface area contributed by atoms with Gasteiger partial charge in [0.05, 0.1) is 5.56 Å². The van der Waals surface area contributed by atoms with Crippen LogP contribution in [-0.2, 0) is 0 Å². The molecule has 1 aliphatic carbocycles. The highest BCUT2D eigenvalue weighted by Crippen LogP contribution is 2.35. The van der Waals surface area contributed by atoms with E-state index in [4.69, 9.17) is 11.6 Å². The molecule has 2 rings (SSSR count). The van der Waals surface area contributed by atoms with E-state index in [2.05, 4.69) is 28.2 Å². The molecule has 0 atom stereocenters. The fraction of sp³-hybridized carbons (Fsp3) is 0.462. The van der Waals surface area contributed by atoms with Crippen molar-refractivity contribution in [3.8, 4) is 0 Å². The minimum absolute atomic E-state index is 0.0184. The van der Waals surface area contributed by atoms with Gasteiger partial charge in [-0.1, -0.05) is 18.5 Å². The number of hydrogen-bond donors (Lipinski definition) is 1. The number of nitrogens with one attached hydrogen (secondary N) is 1.